The van der Waals surface area contributed by atoms with Gasteiger partial charge in [-0.25, -0.2) is 8.78 Å². The number of carbonyl (C=O) groups excluding carboxylic acids is 1. The van der Waals surface area contributed by atoms with Crippen LogP contribution in [0.2, 0.25) is 0 Å². The number of rotatable bonds is 7. The molecule has 4 rings (SSSR count). The van der Waals surface area contributed by atoms with Gasteiger partial charge in [-0.05, 0) is 62.8 Å². The summed E-state index contributed by atoms with van der Waals surface area (Å²) in [6.07, 6.45) is -3.18. The lowest BCUT2D eigenvalue weighted by Gasteiger charge is -2.37. The first-order valence-electron chi connectivity index (χ1n) is 12.7. The summed E-state index contributed by atoms with van der Waals surface area (Å²) in [5.74, 6) is -3.46. The van der Waals surface area contributed by atoms with Gasteiger partial charge in [-0.2, -0.15) is 18.3 Å². The number of nitrogens with zero attached hydrogens (tertiary/aromatic N) is 3. The third-order valence-corrected chi connectivity index (χ3v) is 7.18. The SMILES string of the molecule is CCn1nc(C)c2c1CCCN([C@@H](C(=O)NC)c1ccccc1)[C@H]2CCc1cc(F)c(C(F)(F)F)c(F)c1. The number of hydrogen-bond donors (Lipinski definition) is 1. The normalized spacial score (nSPS) is 17.1. The number of aryl methyl sites for hydroxylation is 3. The first kappa shape index (κ1) is 27.8. The molecule has 0 spiro atoms. The molecule has 1 aliphatic rings. The van der Waals surface area contributed by atoms with Crippen molar-refractivity contribution in [3.8, 4) is 0 Å². The molecule has 1 amide bonds. The molecule has 5 nitrogen and oxygen atoms in total. The van der Waals surface area contributed by atoms with Gasteiger partial charge in [-0.3, -0.25) is 14.4 Å². The minimum Gasteiger partial charge on any atom is -0.358 e. The zero-order chi connectivity index (χ0) is 27.6. The second kappa shape index (κ2) is 11.2. The van der Waals surface area contributed by atoms with Crippen LogP contribution in [0.1, 0.15) is 65.5 Å². The second-order valence-corrected chi connectivity index (χ2v) is 9.52. The van der Waals surface area contributed by atoms with E-state index in [-0.39, 0.29) is 23.9 Å². The number of aromatic nitrogens is 2. The van der Waals surface area contributed by atoms with E-state index in [1.165, 1.54) is 0 Å². The molecular weight excluding hydrogens is 503 g/mol. The summed E-state index contributed by atoms with van der Waals surface area (Å²) in [7, 11) is 1.57. The van der Waals surface area contributed by atoms with Crippen LogP contribution in [0.15, 0.2) is 42.5 Å². The molecule has 0 saturated heterocycles. The Hall–Kier alpha value is -3.27. The third-order valence-electron chi connectivity index (χ3n) is 7.18. The largest absolute Gasteiger partial charge is 0.422 e. The minimum absolute atomic E-state index is 0.110. The number of alkyl halides is 3. The molecule has 0 bridgehead atoms. The fourth-order valence-corrected chi connectivity index (χ4v) is 5.58. The Morgan fingerprint density at radius 3 is 2.39 bits per heavy atom. The molecule has 2 atom stereocenters. The Balaban J connectivity index is 1.78. The first-order valence-corrected chi connectivity index (χ1v) is 12.7. The molecule has 38 heavy (non-hydrogen) atoms. The van der Waals surface area contributed by atoms with E-state index in [2.05, 4.69) is 10.2 Å². The predicted octanol–water partition coefficient (Wildman–Crippen LogP) is 5.92. The molecule has 0 aliphatic carbocycles. The Kier molecular flexibility index (Phi) is 8.20. The van der Waals surface area contributed by atoms with Crippen molar-refractivity contribution in [3.63, 3.8) is 0 Å². The highest BCUT2D eigenvalue weighted by Crippen LogP contribution is 2.40. The fourth-order valence-electron chi connectivity index (χ4n) is 5.58. The molecule has 0 radical (unpaired) electrons. The maximum atomic E-state index is 14.3. The van der Waals surface area contributed by atoms with Gasteiger partial charge >= 0.3 is 6.18 Å². The van der Waals surface area contributed by atoms with Crippen LogP contribution in [-0.2, 0) is 30.4 Å². The van der Waals surface area contributed by atoms with Crippen molar-refractivity contribution in [2.24, 2.45) is 0 Å². The van der Waals surface area contributed by atoms with Gasteiger partial charge in [-0.1, -0.05) is 30.3 Å². The monoisotopic (exact) mass is 534 g/mol. The summed E-state index contributed by atoms with van der Waals surface area (Å²) in [5, 5.41) is 7.46. The zero-order valence-electron chi connectivity index (χ0n) is 21.6. The Bertz CT molecular complexity index is 1270. The molecule has 0 saturated carbocycles. The lowest BCUT2D eigenvalue weighted by Crippen LogP contribution is -2.41. The van der Waals surface area contributed by atoms with E-state index in [0.717, 1.165) is 47.5 Å². The molecule has 2 heterocycles. The highest BCUT2D eigenvalue weighted by Gasteiger charge is 2.39. The van der Waals surface area contributed by atoms with Crippen molar-refractivity contribution in [1.29, 1.82) is 0 Å². The lowest BCUT2D eigenvalue weighted by molar-refractivity contribution is -0.142. The highest BCUT2D eigenvalue weighted by molar-refractivity contribution is 5.83. The Morgan fingerprint density at radius 2 is 1.82 bits per heavy atom. The maximum Gasteiger partial charge on any atom is 0.422 e. The van der Waals surface area contributed by atoms with Gasteiger partial charge < -0.3 is 5.32 Å². The molecule has 1 N–H and O–H groups in total. The molecule has 1 aromatic heterocycles. The second-order valence-electron chi connectivity index (χ2n) is 9.52. The van der Waals surface area contributed by atoms with E-state index in [9.17, 15) is 26.7 Å². The smallest absolute Gasteiger partial charge is 0.358 e. The van der Waals surface area contributed by atoms with Gasteiger partial charge in [0.1, 0.15) is 23.2 Å². The van der Waals surface area contributed by atoms with Gasteiger partial charge in [0.2, 0.25) is 5.91 Å². The lowest BCUT2D eigenvalue weighted by atomic mass is 9.93. The van der Waals surface area contributed by atoms with E-state index in [0.29, 0.717) is 19.5 Å². The summed E-state index contributed by atoms with van der Waals surface area (Å²) in [5.41, 5.74) is 1.84. The van der Waals surface area contributed by atoms with Gasteiger partial charge in [0.25, 0.3) is 0 Å². The molecule has 0 fully saturated rings. The number of amides is 1. The number of hydrogen-bond acceptors (Lipinski definition) is 3. The van der Waals surface area contributed by atoms with Crippen LogP contribution < -0.4 is 5.32 Å². The molecule has 3 aromatic rings. The zero-order valence-corrected chi connectivity index (χ0v) is 21.6. The van der Waals surface area contributed by atoms with E-state index in [1.807, 2.05) is 48.9 Å². The van der Waals surface area contributed by atoms with Crippen molar-refractivity contribution in [3.05, 3.63) is 87.7 Å². The van der Waals surface area contributed by atoms with Crippen molar-refractivity contribution in [2.45, 2.75) is 64.3 Å². The van der Waals surface area contributed by atoms with Crippen molar-refractivity contribution in [1.82, 2.24) is 20.0 Å². The summed E-state index contributed by atoms with van der Waals surface area (Å²) in [4.78, 5) is 15.3. The fraction of sp³-hybridized carbons (Fsp3) is 0.429. The molecule has 2 aromatic carbocycles. The summed E-state index contributed by atoms with van der Waals surface area (Å²) >= 11 is 0. The highest BCUT2D eigenvalue weighted by atomic mass is 19.4. The molecule has 1 aliphatic heterocycles. The topological polar surface area (TPSA) is 50.2 Å². The van der Waals surface area contributed by atoms with Crippen molar-refractivity contribution in [2.75, 3.05) is 13.6 Å². The minimum atomic E-state index is -5.12. The first-order chi connectivity index (χ1) is 18.1. The average molecular weight is 535 g/mol. The van der Waals surface area contributed by atoms with E-state index >= 15 is 0 Å². The molecule has 204 valence electrons. The van der Waals surface area contributed by atoms with Gasteiger partial charge in [0.15, 0.2) is 0 Å². The number of likely N-dealkylation sites (N-methyl/N-ethyl adjacent to an activating group) is 1. The number of benzene rings is 2. The van der Waals surface area contributed by atoms with Crippen LogP contribution >= 0.6 is 0 Å². The van der Waals surface area contributed by atoms with Gasteiger partial charge in [0.05, 0.1) is 5.69 Å². The number of halogens is 5. The molecular formula is C28H31F5N4O. The van der Waals surface area contributed by atoms with Crippen LogP contribution in [-0.4, -0.2) is 34.2 Å². The number of fused-ring (bicyclic) bond motifs is 1. The number of nitrogens with one attached hydrogen (secondary N) is 1. The van der Waals surface area contributed by atoms with Crippen LogP contribution in [0.4, 0.5) is 22.0 Å². The summed E-state index contributed by atoms with van der Waals surface area (Å²) in [6.45, 7) is 5.13. The molecule has 0 unspecified atom stereocenters. The third kappa shape index (κ3) is 5.45. The van der Waals surface area contributed by atoms with E-state index in [4.69, 9.17) is 5.10 Å². The Morgan fingerprint density at radius 1 is 1.16 bits per heavy atom. The maximum absolute atomic E-state index is 14.3. The van der Waals surface area contributed by atoms with Crippen molar-refractivity contribution < 1.29 is 26.7 Å². The quantitative estimate of drug-likeness (QED) is 0.383. The van der Waals surface area contributed by atoms with Crippen LogP contribution in [0, 0.1) is 18.6 Å². The Labute approximate surface area is 218 Å². The molecule has 10 heteroatoms. The van der Waals surface area contributed by atoms with E-state index < -0.39 is 29.4 Å². The summed E-state index contributed by atoms with van der Waals surface area (Å²) < 4.78 is 69.9. The van der Waals surface area contributed by atoms with Crippen LogP contribution in [0.5, 0.6) is 0 Å². The predicted molar refractivity (Wildman–Crippen MR) is 133 cm³/mol. The number of carbonyl (C=O) groups is 1. The van der Waals surface area contributed by atoms with E-state index in [1.54, 1.807) is 7.05 Å². The van der Waals surface area contributed by atoms with Crippen molar-refractivity contribution >= 4 is 5.91 Å². The van der Waals surface area contributed by atoms with Crippen LogP contribution in [0.25, 0.3) is 0 Å². The van der Waals surface area contributed by atoms with Gasteiger partial charge in [-0.15, -0.1) is 0 Å². The standard InChI is InChI=1S/C28H31F5N4O/c1-4-37-23-11-8-14-36(26(27(38)34-3)19-9-6-5-7-10-19)22(24(23)17(2)35-37)13-12-18-15-20(29)25(21(30)16-18)28(31,32)33/h5-7,9-10,15-16,22,26H,4,8,11-14H2,1-3H3,(H,34,38)/t22-,26+/m0/s1. The average Bonchev–Trinajstić information content (AvgIpc) is 3.06. The van der Waals surface area contributed by atoms with Gasteiger partial charge in [0, 0.05) is 37.4 Å². The summed E-state index contributed by atoms with van der Waals surface area (Å²) in [6, 6.07) is 9.86. The van der Waals surface area contributed by atoms with Crippen LogP contribution in [0.3, 0.4) is 0 Å².